The normalized spacial score (nSPS) is 22.0. The number of aliphatic carboxylic acids is 1. The van der Waals surface area contributed by atoms with Gasteiger partial charge in [-0.05, 0) is 31.4 Å². The number of carbonyl (C=O) groups excluding carboxylic acids is 1. The van der Waals surface area contributed by atoms with Crippen molar-refractivity contribution in [1.82, 2.24) is 0 Å². The van der Waals surface area contributed by atoms with E-state index in [1.807, 2.05) is 0 Å². The fourth-order valence-corrected chi connectivity index (χ4v) is 2.52. The molecule has 0 heterocycles. The van der Waals surface area contributed by atoms with E-state index in [2.05, 4.69) is 5.32 Å². The molecule has 4 nitrogen and oxygen atoms in total. The Balaban J connectivity index is 2.09. The lowest BCUT2D eigenvalue weighted by Crippen LogP contribution is -2.23. The molecule has 0 bridgehead atoms. The summed E-state index contributed by atoms with van der Waals surface area (Å²) in [7, 11) is 0. The Labute approximate surface area is 119 Å². The van der Waals surface area contributed by atoms with E-state index in [9.17, 15) is 22.8 Å². The van der Waals surface area contributed by atoms with E-state index in [0.717, 1.165) is 6.07 Å². The zero-order chi connectivity index (χ0) is 15.6. The van der Waals surface area contributed by atoms with Crippen LogP contribution in [0.5, 0.6) is 0 Å². The highest BCUT2D eigenvalue weighted by Crippen LogP contribution is 2.36. The fourth-order valence-electron chi connectivity index (χ4n) is 2.52. The first kappa shape index (κ1) is 15.3. The van der Waals surface area contributed by atoms with Gasteiger partial charge in [0, 0.05) is 5.92 Å². The molecular weight excluding hydrogens is 287 g/mol. The molecule has 0 saturated heterocycles. The van der Waals surface area contributed by atoms with Gasteiger partial charge < -0.3 is 10.4 Å². The molecule has 21 heavy (non-hydrogen) atoms. The van der Waals surface area contributed by atoms with Gasteiger partial charge in [-0.25, -0.2) is 0 Å². The van der Waals surface area contributed by atoms with Gasteiger partial charge in [-0.2, -0.15) is 13.2 Å². The monoisotopic (exact) mass is 301 g/mol. The topological polar surface area (TPSA) is 66.4 Å². The number of amides is 1. The minimum atomic E-state index is -4.55. The third kappa shape index (κ3) is 3.53. The summed E-state index contributed by atoms with van der Waals surface area (Å²) in [5.74, 6) is -2.69. The van der Waals surface area contributed by atoms with Crippen molar-refractivity contribution in [3.63, 3.8) is 0 Å². The number of carboxylic acid groups (broad SMARTS) is 1. The number of carbonyl (C=O) groups is 2. The van der Waals surface area contributed by atoms with Crippen LogP contribution < -0.4 is 5.32 Å². The second-order valence-electron chi connectivity index (χ2n) is 5.08. The summed E-state index contributed by atoms with van der Waals surface area (Å²) in [6.45, 7) is 0. The van der Waals surface area contributed by atoms with Gasteiger partial charge in [-0.1, -0.05) is 12.1 Å². The van der Waals surface area contributed by atoms with Crippen molar-refractivity contribution in [2.24, 2.45) is 11.8 Å². The average Bonchev–Trinajstić information content (AvgIpc) is 2.88. The molecule has 114 valence electrons. The highest BCUT2D eigenvalue weighted by molar-refractivity contribution is 5.94. The predicted octanol–water partition coefficient (Wildman–Crippen LogP) is 3.14. The molecule has 2 rings (SSSR count). The Morgan fingerprint density at radius 3 is 2.33 bits per heavy atom. The zero-order valence-electron chi connectivity index (χ0n) is 11.0. The number of anilines is 1. The third-order valence-corrected chi connectivity index (χ3v) is 3.64. The van der Waals surface area contributed by atoms with Gasteiger partial charge in [0.1, 0.15) is 0 Å². The molecule has 0 aliphatic heterocycles. The predicted molar refractivity (Wildman–Crippen MR) is 68.5 cm³/mol. The van der Waals surface area contributed by atoms with E-state index in [0.29, 0.717) is 12.8 Å². The third-order valence-electron chi connectivity index (χ3n) is 3.64. The van der Waals surface area contributed by atoms with Crippen molar-refractivity contribution in [2.75, 3.05) is 5.32 Å². The SMILES string of the molecule is O=C(O)C1CCC(C(=O)Nc2ccccc2C(F)(F)F)C1. The molecule has 2 unspecified atom stereocenters. The molecule has 7 heteroatoms. The minimum absolute atomic E-state index is 0.162. The van der Waals surface area contributed by atoms with Gasteiger partial charge in [-0.15, -0.1) is 0 Å². The van der Waals surface area contributed by atoms with Crippen LogP contribution in [0.2, 0.25) is 0 Å². The first-order chi connectivity index (χ1) is 9.79. The van der Waals surface area contributed by atoms with Crippen molar-refractivity contribution < 1.29 is 27.9 Å². The number of para-hydroxylation sites is 1. The smallest absolute Gasteiger partial charge is 0.418 e. The summed E-state index contributed by atoms with van der Waals surface area (Å²) in [6, 6.07) is 4.72. The van der Waals surface area contributed by atoms with E-state index in [1.54, 1.807) is 0 Å². The second kappa shape index (κ2) is 5.75. The van der Waals surface area contributed by atoms with Gasteiger partial charge in [-0.3, -0.25) is 9.59 Å². The van der Waals surface area contributed by atoms with E-state index in [-0.39, 0.29) is 12.1 Å². The number of hydrogen-bond donors (Lipinski definition) is 2. The summed E-state index contributed by atoms with van der Waals surface area (Å²) >= 11 is 0. The Kier molecular flexibility index (Phi) is 4.20. The molecule has 1 aliphatic rings. The summed E-state index contributed by atoms with van der Waals surface area (Å²) in [5.41, 5.74) is -1.21. The molecule has 1 aromatic carbocycles. The van der Waals surface area contributed by atoms with Crippen LogP contribution in [0.4, 0.5) is 18.9 Å². The molecular formula is C14H14F3NO3. The zero-order valence-corrected chi connectivity index (χ0v) is 11.0. The van der Waals surface area contributed by atoms with Crippen molar-refractivity contribution in [1.29, 1.82) is 0 Å². The van der Waals surface area contributed by atoms with Crippen LogP contribution in [-0.2, 0) is 15.8 Å². The number of alkyl halides is 3. The van der Waals surface area contributed by atoms with Crippen molar-refractivity contribution >= 4 is 17.6 Å². The van der Waals surface area contributed by atoms with E-state index < -0.39 is 35.5 Å². The highest BCUT2D eigenvalue weighted by Gasteiger charge is 2.36. The Bertz CT molecular complexity index is 557. The number of rotatable bonds is 3. The van der Waals surface area contributed by atoms with Crippen LogP contribution in [-0.4, -0.2) is 17.0 Å². The molecule has 0 aromatic heterocycles. The lowest BCUT2D eigenvalue weighted by Gasteiger charge is -2.15. The number of carboxylic acids is 1. The van der Waals surface area contributed by atoms with E-state index in [4.69, 9.17) is 5.11 Å². The molecule has 2 N–H and O–H groups in total. The maximum absolute atomic E-state index is 12.8. The van der Waals surface area contributed by atoms with Crippen LogP contribution in [0.1, 0.15) is 24.8 Å². The van der Waals surface area contributed by atoms with Crippen LogP contribution >= 0.6 is 0 Å². The lowest BCUT2D eigenvalue weighted by atomic mass is 10.0. The summed E-state index contributed by atoms with van der Waals surface area (Å²) < 4.78 is 38.4. The Morgan fingerprint density at radius 1 is 1.14 bits per heavy atom. The lowest BCUT2D eigenvalue weighted by molar-refractivity contribution is -0.141. The van der Waals surface area contributed by atoms with Gasteiger partial charge in [0.25, 0.3) is 0 Å². The molecule has 0 radical (unpaired) electrons. The maximum Gasteiger partial charge on any atom is 0.418 e. The largest absolute Gasteiger partial charge is 0.481 e. The number of nitrogens with one attached hydrogen (secondary N) is 1. The maximum atomic E-state index is 12.8. The first-order valence-electron chi connectivity index (χ1n) is 6.49. The highest BCUT2D eigenvalue weighted by atomic mass is 19.4. The molecule has 1 aromatic rings. The van der Waals surface area contributed by atoms with Gasteiger partial charge in [0.15, 0.2) is 0 Å². The fraction of sp³-hybridized carbons (Fsp3) is 0.429. The average molecular weight is 301 g/mol. The van der Waals surface area contributed by atoms with Crippen LogP contribution in [0.15, 0.2) is 24.3 Å². The summed E-state index contributed by atoms with van der Waals surface area (Å²) in [5, 5.41) is 11.1. The molecule has 1 fully saturated rings. The standard InChI is InChI=1S/C14H14F3NO3/c15-14(16,17)10-3-1-2-4-11(10)18-12(19)8-5-6-9(7-8)13(20)21/h1-4,8-9H,5-7H2,(H,18,19)(H,20,21). The van der Waals surface area contributed by atoms with Crippen molar-refractivity contribution in [3.05, 3.63) is 29.8 Å². The number of hydrogen-bond acceptors (Lipinski definition) is 2. The van der Waals surface area contributed by atoms with Gasteiger partial charge in [0.2, 0.25) is 5.91 Å². The second-order valence-corrected chi connectivity index (χ2v) is 5.08. The number of halogens is 3. The Morgan fingerprint density at radius 2 is 1.76 bits per heavy atom. The van der Waals surface area contributed by atoms with Gasteiger partial charge >= 0.3 is 12.1 Å². The summed E-state index contributed by atoms with van der Waals surface area (Å²) in [4.78, 5) is 22.8. The molecule has 2 atom stereocenters. The molecule has 0 spiro atoms. The van der Waals surface area contributed by atoms with Gasteiger partial charge in [0.05, 0.1) is 17.2 Å². The van der Waals surface area contributed by atoms with Crippen LogP contribution in [0.25, 0.3) is 0 Å². The Hall–Kier alpha value is -2.05. The van der Waals surface area contributed by atoms with Crippen molar-refractivity contribution in [3.8, 4) is 0 Å². The van der Waals surface area contributed by atoms with E-state index >= 15 is 0 Å². The molecule has 1 saturated carbocycles. The van der Waals surface area contributed by atoms with Crippen LogP contribution in [0, 0.1) is 11.8 Å². The minimum Gasteiger partial charge on any atom is -0.481 e. The quantitative estimate of drug-likeness (QED) is 0.901. The molecule has 1 amide bonds. The number of benzene rings is 1. The van der Waals surface area contributed by atoms with Crippen LogP contribution in [0.3, 0.4) is 0 Å². The molecule has 1 aliphatic carbocycles. The first-order valence-corrected chi connectivity index (χ1v) is 6.49. The summed E-state index contributed by atoms with van der Waals surface area (Å²) in [6.07, 6.45) is -3.65. The van der Waals surface area contributed by atoms with E-state index in [1.165, 1.54) is 18.2 Å². The van der Waals surface area contributed by atoms with Crippen molar-refractivity contribution in [2.45, 2.75) is 25.4 Å².